The van der Waals surface area contributed by atoms with Crippen molar-refractivity contribution < 1.29 is 9.47 Å². The van der Waals surface area contributed by atoms with Crippen molar-refractivity contribution in [2.45, 2.75) is 38.8 Å². The zero-order valence-corrected chi connectivity index (χ0v) is 12.3. The van der Waals surface area contributed by atoms with E-state index in [1.807, 2.05) is 18.3 Å². The van der Waals surface area contributed by atoms with Crippen LogP contribution in [0.5, 0.6) is 5.88 Å². The van der Waals surface area contributed by atoms with Gasteiger partial charge in [-0.1, -0.05) is 0 Å². The number of aromatic nitrogens is 1. The Balaban J connectivity index is 2.01. The quantitative estimate of drug-likeness (QED) is 0.907. The van der Waals surface area contributed by atoms with Crippen LogP contribution in [0, 0.1) is 5.92 Å². The highest BCUT2D eigenvalue weighted by atomic mass is 16.5. The van der Waals surface area contributed by atoms with E-state index in [2.05, 4.69) is 31.1 Å². The van der Waals surface area contributed by atoms with Gasteiger partial charge in [-0.05, 0) is 38.8 Å². The summed E-state index contributed by atoms with van der Waals surface area (Å²) in [6.07, 6.45) is 3.10. The minimum atomic E-state index is 0.144. The fourth-order valence-electron chi connectivity index (χ4n) is 2.33. The SMILES string of the molecule is COc1ccc(C2OCCC2CNC(C)(C)C)cn1. The first kappa shape index (κ1) is 14.3. The van der Waals surface area contributed by atoms with Crippen molar-refractivity contribution in [2.75, 3.05) is 20.3 Å². The van der Waals surface area contributed by atoms with Crippen LogP contribution in [0.2, 0.25) is 0 Å². The molecule has 0 saturated carbocycles. The number of methoxy groups -OCH3 is 1. The minimum Gasteiger partial charge on any atom is -0.481 e. The number of nitrogens with one attached hydrogen (secondary N) is 1. The normalized spacial score (nSPS) is 23.6. The van der Waals surface area contributed by atoms with Gasteiger partial charge >= 0.3 is 0 Å². The third-order valence-corrected chi connectivity index (χ3v) is 3.41. The molecule has 1 fully saturated rings. The number of pyridine rings is 1. The summed E-state index contributed by atoms with van der Waals surface area (Å²) in [7, 11) is 1.63. The first-order valence-corrected chi connectivity index (χ1v) is 6.86. The van der Waals surface area contributed by atoms with Gasteiger partial charge in [-0.15, -0.1) is 0 Å². The van der Waals surface area contributed by atoms with Gasteiger partial charge in [0.25, 0.3) is 0 Å². The molecule has 0 radical (unpaired) electrons. The van der Waals surface area contributed by atoms with Crippen LogP contribution < -0.4 is 10.1 Å². The van der Waals surface area contributed by atoms with Crippen LogP contribution in [0.25, 0.3) is 0 Å². The van der Waals surface area contributed by atoms with Gasteiger partial charge in [0.1, 0.15) is 0 Å². The maximum Gasteiger partial charge on any atom is 0.212 e. The van der Waals surface area contributed by atoms with Crippen molar-refractivity contribution in [3.63, 3.8) is 0 Å². The summed E-state index contributed by atoms with van der Waals surface area (Å²) in [4.78, 5) is 4.26. The highest BCUT2D eigenvalue weighted by Crippen LogP contribution is 2.34. The molecular formula is C15H24N2O2. The van der Waals surface area contributed by atoms with Gasteiger partial charge < -0.3 is 14.8 Å². The predicted octanol–water partition coefficient (Wildman–Crippen LogP) is 2.56. The minimum absolute atomic E-state index is 0.144. The zero-order chi connectivity index (χ0) is 13.9. The van der Waals surface area contributed by atoms with Gasteiger partial charge in [0.2, 0.25) is 5.88 Å². The summed E-state index contributed by atoms with van der Waals surface area (Å²) in [6, 6.07) is 3.94. The van der Waals surface area contributed by atoms with Gasteiger partial charge in [-0.3, -0.25) is 0 Å². The second-order valence-electron chi connectivity index (χ2n) is 6.10. The molecule has 1 aromatic heterocycles. The molecule has 2 unspecified atom stereocenters. The molecule has 19 heavy (non-hydrogen) atoms. The van der Waals surface area contributed by atoms with Gasteiger partial charge in [0.05, 0.1) is 13.2 Å². The predicted molar refractivity (Wildman–Crippen MR) is 75.3 cm³/mol. The highest BCUT2D eigenvalue weighted by molar-refractivity contribution is 5.21. The van der Waals surface area contributed by atoms with E-state index in [0.29, 0.717) is 11.8 Å². The Hall–Kier alpha value is -1.13. The van der Waals surface area contributed by atoms with Crippen molar-refractivity contribution in [1.29, 1.82) is 0 Å². The Morgan fingerprint density at radius 3 is 2.79 bits per heavy atom. The number of rotatable bonds is 4. The highest BCUT2D eigenvalue weighted by Gasteiger charge is 2.30. The van der Waals surface area contributed by atoms with Crippen LogP contribution in [0.1, 0.15) is 38.9 Å². The largest absolute Gasteiger partial charge is 0.481 e. The fourth-order valence-corrected chi connectivity index (χ4v) is 2.33. The fraction of sp³-hybridized carbons (Fsp3) is 0.667. The number of hydrogen-bond donors (Lipinski definition) is 1. The smallest absolute Gasteiger partial charge is 0.212 e. The zero-order valence-electron chi connectivity index (χ0n) is 12.3. The van der Waals surface area contributed by atoms with Crippen molar-refractivity contribution >= 4 is 0 Å². The Morgan fingerprint density at radius 1 is 1.42 bits per heavy atom. The molecule has 2 atom stereocenters. The topological polar surface area (TPSA) is 43.4 Å². The second-order valence-corrected chi connectivity index (χ2v) is 6.10. The first-order chi connectivity index (χ1) is 8.99. The third kappa shape index (κ3) is 3.91. The van der Waals surface area contributed by atoms with E-state index in [-0.39, 0.29) is 11.6 Å². The second kappa shape index (κ2) is 5.88. The summed E-state index contributed by atoms with van der Waals surface area (Å²) in [5.41, 5.74) is 1.28. The average molecular weight is 264 g/mol. The van der Waals surface area contributed by atoms with E-state index in [4.69, 9.17) is 9.47 Å². The molecule has 1 N–H and O–H groups in total. The summed E-state index contributed by atoms with van der Waals surface area (Å²) in [6.45, 7) is 8.36. The monoisotopic (exact) mass is 264 g/mol. The Morgan fingerprint density at radius 2 is 2.21 bits per heavy atom. The average Bonchev–Trinajstić information content (AvgIpc) is 2.84. The lowest BCUT2D eigenvalue weighted by Gasteiger charge is -2.25. The van der Waals surface area contributed by atoms with E-state index in [1.54, 1.807) is 7.11 Å². The van der Waals surface area contributed by atoms with E-state index in [9.17, 15) is 0 Å². The molecule has 0 aliphatic carbocycles. The number of nitrogens with zero attached hydrogens (tertiary/aromatic N) is 1. The van der Waals surface area contributed by atoms with E-state index < -0.39 is 0 Å². The van der Waals surface area contributed by atoms with Crippen LogP contribution in [0.15, 0.2) is 18.3 Å². The van der Waals surface area contributed by atoms with Crippen molar-refractivity contribution in [2.24, 2.45) is 5.92 Å². The molecular weight excluding hydrogens is 240 g/mol. The lowest BCUT2D eigenvalue weighted by molar-refractivity contribution is 0.0886. The molecule has 2 rings (SSSR count). The van der Waals surface area contributed by atoms with Crippen LogP contribution in [0.4, 0.5) is 0 Å². The van der Waals surface area contributed by atoms with Crippen molar-refractivity contribution in [1.82, 2.24) is 10.3 Å². The molecule has 2 heterocycles. The summed E-state index contributed by atoms with van der Waals surface area (Å²) >= 11 is 0. The standard InChI is InChI=1S/C15H24N2O2/c1-15(2,3)17-10-12-7-8-19-14(12)11-5-6-13(18-4)16-9-11/h5-6,9,12,14,17H,7-8,10H2,1-4H3. The Labute approximate surface area is 115 Å². The molecule has 106 valence electrons. The molecule has 1 saturated heterocycles. The van der Waals surface area contributed by atoms with Crippen LogP contribution in [-0.2, 0) is 4.74 Å². The molecule has 1 aliphatic rings. The molecule has 0 spiro atoms. The summed E-state index contributed by atoms with van der Waals surface area (Å²) in [5.74, 6) is 1.15. The van der Waals surface area contributed by atoms with Crippen LogP contribution in [-0.4, -0.2) is 30.8 Å². The molecule has 4 heteroatoms. The summed E-state index contributed by atoms with van der Waals surface area (Å²) < 4.78 is 11.0. The maximum atomic E-state index is 5.87. The molecule has 0 aromatic carbocycles. The van der Waals surface area contributed by atoms with Crippen LogP contribution >= 0.6 is 0 Å². The molecule has 4 nitrogen and oxygen atoms in total. The van der Waals surface area contributed by atoms with Gasteiger partial charge in [-0.25, -0.2) is 4.98 Å². The molecule has 1 aliphatic heterocycles. The maximum absolute atomic E-state index is 5.87. The van der Waals surface area contributed by atoms with Crippen LogP contribution in [0.3, 0.4) is 0 Å². The van der Waals surface area contributed by atoms with E-state index in [1.165, 1.54) is 0 Å². The van der Waals surface area contributed by atoms with Gasteiger partial charge in [0, 0.05) is 36.9 Å². The third-order valence-electron chi connectivity index (χ3n) is 3.41. The lowest BCUT2D eigenvalue weighted by atomic mass is 9.95. The van der Waals surface area contributed by atoms with E-state index >= 15 is 0 Å². The summed E-state index contributed by atoms with van der Waals surface area (Å²) in [5, 5.41) is 3.56. The number of ether oxygens (including phenoxy) is 2. The molecule has 1 aromatic rings. The molecule has 0 bridgehead atoms. The van der Waals surface area contributed by atoms with Gasteiger partial charge in [-0.2, -0.15) is 0 Å². The van der Waals surface area contributed by atoms with E-state index in [0.717, 1.165) is 25.1 Å². The lowest BCUT2D eigenvalue weighted by Crippen LogP contribution is -2.39. The van der Waals surface area contributed by atoms with Crippen molar-refractivity contribution in [3.05, 3.63) is 23.9 Å². The Kier molecular flexibility index (Phi) is 4.42. The van der Waals surface area contributed by atoms with Crippen molar-refractivity contribution in [3.8, 4) is 5.88 Å². The molecule has 0 amide bonds. The first-order valence-electron chi connectivity index (χ1n) is 6.86. The van der Waals surface area contributed by atoms with Gasteiger partial charge in [0.15, 0.2) is 0 Å². The number of hydrogen-bond acceptors (Lipinski definition) is 4. The Bertz CT molecular complexity index is 398.